The number of benzene rings is 2. The van der Waals surface area contributed by atoms with Gasteiger partial charge >= 0.3 is 5.97 Å². The van der Waals surface area contributed by atoms with Crippen LogP contribution in [0, 0.1) is 6.92 Å². The van der Waals surface area contributed by atoms with Crippen molar-refractivity contribution in [3.63, 3.8) is 0 Å². The van der Waals surface area contributed by atoms with E-state index in [1.54, 1.807) is 24.3 Å². The lowest BCUT2D eigenvalue weighted by atomic mass is 9.97. The van der Waals surface area contributed by atoms with Crippen molar-refractivity contribution in [1.29, 1.82) is 0 Å². The van der Waals surface area contributed by atoms with Gasteiger partial charge in [-0.05, 0) is 30.2 Å². The van der Waals surface area contributed by atoms with Gasteiger partial charge in [0.1, 0.15) is 0 Å². The molecule has 1 atom stereocenters. The van der Waals surface area contributed by atoms with Gasteiger partial charge in [0.05, 0.1) is 24.4 Å². The summed E-state index contributed by atoms with van der Waals surface area (Å²) in [6.07, 6.45) is 1.16. The van der Waals surface area contributed by atoms with Crippen LogP contribution in [0.5, 0.6) is 0 Å². The van der Waals surface area contributed by atoms with Crippen molar-refractivity contribution in [2.45, 2.75) is 32.2 Å². The zero-order chi connectivity index (χ0) is 21.9. The van der Waals surface area contributed by atoms with E-state index in [0.717, 1.165) is 22.9 Å². The molecule has 2 aromatic carbocycles. The molecule has 0 saturated heterocycles. The first-order chi connectivity index (χ1) is 14.1. The SMILES string of the molecule is Cc1ccc(C2CC(c3ccc(NS(C)(=O)=O)cc3)=NN2C(=O)CCC(=O)O)cc1. The summed E-state index contributed by atoms with van der Waals surface area (Å²) in [6, 6.07) is 14.2. The largest absolute Gasteiger partial charge is 0.481 e. The summed E-state index contributed by atoms with van der Waals surface area (Å²) >= 11 is 0. The second-order valence-corrected chi connectivity index (χ2v) is 9.01. The van der Waals surface area contributed by atoms with E-state index in [-0.39, 0.29) is 24.8 Å². The molecule has 0 fully saturated rings. The minimum Gasteiger partial charge on any atom is -0.481 e. The molecule has 1 aliphatic rings. The van der Waals surface area contributed by atoms with Crippen molar-refractivity contribution in [3.8, 4) is 0 Å². The fourth-order valence-electron chi connectivity index (χ4n) is 3.24. The molecule has 0 spiro atoms. The third-order valence-corrected chi connectivity index (χ3v) is 5.31. The molecule has 1 amide bonds. The number of anilines is 1. The highest BCUT2D eigenvalue weighted by Crippen LogP contribution is 2.33. The second kappa shape index (κ2) is 8.66. The molecule has 3 rings (SSSR count). The first-order valence-electron chi connectivity index (χ1n) is 9.38. The molecule has 0 saturated carbocycles. The number of sulfonamides is 1. The minimum absolute atomic E-state index is 0.133. The second-order valence-electron chi connectivity index (χ2n) is 7.26. The lowest BCUT2D eigenvalue weighted by Crippen LogP contribution is -2.27. The molecule has 9 heteroatoms. The maximum absolute atomic E-state index is 12.7. The smallest absolute Gasteiger partial charge is 0.303 e. The van der Waals surface area contributed by atoms with Gasteiger partial charge in [0, 0.05) is 18.5 Å². The molecule has 8 nitrogen and oxygen atoms in total. The van der Waals surface area contributed by atoms with E-state index >= 15 is 0 Å². The van der Waals surface area contributed by atoms with Crippen LogP contribution in [0.4, 0.5) is 5.69 Å². The molecular weight excluding hydrogens is 406 g/mol. The molecule has 158 valence electrons. The molecular formula is C21H23N3O5S. The molecule has 30 heavy (non-hydrogen) atoms. The van der Waals surface area contributed by atoms with Gasteiger partial charge in [0.2, 0.25) is 15.9 Å². The topological polar surface area (TPSA) is 116 Å². The lowest BCUT2D eigenvalue weighted by Gasteiger charge is -2.22. The lowest BCUT2D eigenvalue weighted by molar-refractivity contribution is -0.141. The van der Waals surface area contributed by atoms with Crippen molar-refractivity contribution in [3.05, 3.63) is 65.2 Å². The van der Waals surface area contributed by atoms with E-state index in [1.165, 1.54) is 5.01 Å². The summed E-state index contributed by atoms with van der Waals surface area (Å²) in [5.41, 5.74) is 3.88. The minimum atomic E-state index is -3.37. The van der Waals surface area contributed by atoms with Gasteiger partial charge in [0.25, 0.3) is 0 Å². The van der Waals surface area contributed by atoms with Gasteiger partial charge in [-0.25, -0.2) is 13.4 Å². The molecule has 1 aliphatic heterocycles. The molecule has 0 radical (unpaired) electrons. The van der Waals surface area contributed by atoms with Crippen LogP contribution < -0.4 is 4.72 Å². The number of carboxylic acids is 1. The number of aliphatic carboxylic acids is 1. The Balaban J connectivity index is 1.87. The van der Waals surface area contributed by atoms with Crippen molar-refractivity contribution in [2.75, 3.05) is 11.0 Å². The zero-order valence-corrected chi connectivity index (χ0v) is 17.5. The van der Waals surface area contributed by atoms with E-state index < -0.39 is 16.0 Å². The average molecular weight is 429 g/mol. The Labute approximate surface area is 175 Å². The van der Waals surface area contributed by atoms with E-state index in [0.29, 0.717) is 17.8 Å². The number of hydrogen-bond acceptors (Lipinski definition) is 5. The zero-order valence-electron chi connectivity index (χ0n) is 16.7. The number of nitrogens with one attached hydrogen (secondary N) is 1. The number of aryl methyl sites for hydroxylation is 1. The predicted octanol–water partition coefficient (Wildman–Crippen LogP) is 2.91. The Hall–Kier alpha value is -3.20. The van der Waals surface area contributed by atoms with Crippen LogP contribution in [-0.4, -0.2) is 42.4 Å². The maximum Gasteiger partial charge on any atom is 0.303 e. The Morgan fingerprint density at radius 2 is 1.73 bits per heavy atom. The Morgan fingerprint density at radius 3 is 2.30 bits per heavy atom. The van der Waals surface area contributed by atoms with Crippen LogP contribution in [0.25, 0.3) is 0 Å². The van der Waals surface area contributed by atoms with Gasteiger partial charge in [0.15, 0.2) is 0 Å². The highest BCUT2D eigenvalue weighted by atomic mass is 32.2. The standard InChI is InChI=1S/C21H23N3O5S/c1-14-3-5-16(6-4-14)19-13-18(22-24(19)20(25)11-12-21(26)27)15-7-9-17(10-8-15)23-30(2,28)29/h3-10,19,23H,11-13H2,1-2H3,(H,26,27). The van der Waals surface area contributed by atoms with E-state index in [4.69, 9.17) is 5.11 Å². The maximum atomic E-state index is 12.7. The molecule has 1 heterocycles. The Kier molecular flexibility index (Phi) is 6.21. The highest BCUT2D eigenvalue weighted by molar-refractivity contribution is 7.92. The van der Waals surface area contributed by atoms with Gasteiger partial charge in [-0.2, -0.15) is 5.10 Å². The number of carbonyl (C=O) groups is 2. The summed E-state index contributed by atoms with van der Waals surface area (Å²) in [6.45, 7) is 1.97. The summed E-state index contributed by atoms with van der Waals surface area (Å²) in [7, 11) is -3.37. The van der Waals surface area contributed by atoms with Crippen LogP contribution in [0.1, 0.15) is 42.0 Å². The first kappa shape index (κ1) is 21.5. The highest BCUT2D eigenvalue weighted by Gasteiger charge is 2.33. The Morgan fingerprint density at radius 1 is 1.10 bits per heavy atom. The van der Waals surface area contributed by atoms with Gasteiger partial charge in [-0.15, -0.1) is 0 Å². The number of rotatable bonds is 7. The number of hydrogen-bond donors (Lipinski definition) is 2. The Bertz CT molecular complexity index is 1080. The van der Waals surface area contributed by atoms with E-state index in [2.05, 4.69) is 9.82 Å². The number of carbonyl (C=O) groups excluding carboxylic acids is 1. The van der Waals surface area contributed by atoms with Gasteiger partial charge < -0.3 is 5.11 Å². The third kappa shape index (κ3) is 5.44. The monoisotopic (exact) mass is 429 g/mol. The molecule has 0 aliphatic carbocycles. The van der Waals surface area contributed by atoms with Crippen LogP contribution in [0.3, 0.4) is 0 Å². The van der Waals surface area contributed by atoms with Crippen LogP contribution in [0.2, 0.25) is 0 Å². The van der Waals surface area contributed by atoms with Crippen LogP contribution in [-0.2, 0) is 19.6 Å². The van der Waals surface area contributed by atoms with Gasteiger partial charge in [-0.1, -0.05) is 42.0 Å². The number of hydrazone groups is 1. The molecule has 2 aromatic rings. The summed E-state index contributed by atoms with van der Waals surface area (Å²) < 4.78 is 25.1. The van der Waals surface area contributed by atoms with Crippen LogP contribution in [0.15, 0.2) is 53.6 Å². The summed E-state index contributed by atoms with van der Waals surface area (Å²) in [5, 5.41) is 14.8. The quantitative estimate of drug-likeness (QED) is 0.702. The third-order valence-electron chi connectivity index (χ3n) is 4.70. The fraction of sp³-hybridized carbons (Fsp3) is 0.286. The summed E-state index contributed by atoms with van der Waals surface area (Å²) in [4.78, 5) is 23.5. The fourth-order valence-corrected chi connectivity index (χ4v) is 3.80. The summed E-state index contributed by atoms with van der Waals surface area (Å²) in [5.74, 6) is -1.39. The normalized spacial score (nSPS) is 16.3. The number of amides is 1. The van der Waals surface area contributed by atoms with Crippen molar-refractivity contribution < 1.29 is 23.1 Å². The molecule has 2 N–H and O–H groups in total. The average Bonchev–Trinajstić information content (AvgIpc) is 3.11. The number of nitrogens with zero attached hydrogens (tertiary/aromatic N) is 2. The van der Waals surface area contributed by atoms with E-state index in [1.807, 2.05) is 31.2 Å². The molecule has 0 aromatic heterocycles. The van der Waals surface area contributed by atoms with Crippen molar-refractivity contribution in [1.82, 2.24) is 5.01 Å². The predicted molar refractivity (Wildman–Crippen MR) is 114 cm³/mol. The van der Waals surface area contributed by atoms with Gasteiger partial charge in [-0.3, -0.25) is 14.3 Å². The van der Waals surface area contributed by atoms with Crippen molar-refractivity contribution in [2.24, 2.45) is 5.10 Å². The number of carboxylic acid groups (broad SMARTS) is 1. The molecule has 1 unspecified atom stereocenters. The van der Waals surface area contributed by atoms with Crippen molar-refractivity contribution >= 4 is 33.3 Å². The van der Waals surface area contributed by atoms with E-state index in [9.17, 15) is 18.0 Å². The van der Waals surface area contributed by atoms with Crippen LogP contribution >= 0.6 is 0 Å². The first-order valence-corrected chi connectivity index (χ1v) is 11.3. The molecule has 0 bridgehead atoms.